The molecule has 1 saturated heterocycles. The second-order valence-corrected chi connectivity index (χ2v) is 5.60. The lowest BCUT2D eigenvalue weighted by atomic mass is 10.1. The van der Waals surface area contributed by atoms with Crippen LogP contribution < -0.4 is 5.32 Å². The van der Waals surface area contributed by atoms with Gasteiger partial charge in [0.1, 0.15) is 11.5 Å². The zero-order chi connectivity index (χ0) is 16.8. The second kappa shape index (κ2) is 7.88. The molecule has 1 amide bonds. The van der Waals surface area contributed by atoms with Gasteiger partial charge in [0.2, 0.25) is 0 Å². The first-order chi connectivity index (χ1) is 11.7. The first-order valence-electron chi connectivity index (χ1n) is 8.04. The van der Waals surface area contributed by atoms with Gasteiger partial charge in [-0.25, -0.2) is 9.37 Å². The summed E-state index contributed by atoms with van der Waals surface area (Å²) >= 11 is 0. The molecule has 3 rings (SSSR count). The Labute approximate surface area is 140 Å². The molecule has 0 bridgehead atoms. The highest BCUT2D eigenvalue weighted by molar-refractivity contribution is 5.92. The molecule has 1 aliphatic rings. The number of ether oxygens (including phenoxy) is 1. The third kappa shape index (κ3) is 4.08. The summed E-state index contributed by atoms with van der Waals surface area (Å²) in [6, 6.07) is 10.3. The number of hydrogen-bond donors (Lipinski definition) is 1. The summed E-state index contributed by atoms with van der Waals surface area (Å²) < 4.78 is 18.8. The minimum absolute atomic E-state index is 0.0730. The first kappa shape index (κ1) is 16.4. The van der Waals surface area contributed by atoms with Crippen LogP contribution in [-0.2, 0) is 11.2 Å². The van der Waals surface area contributed by atoms with Crippen molar-refractivity contribution in [1.29, 1.82) is 0 Å². The van der Waals surface area contributed by atoms with Gasteiger partial charge in [-0.1, -0.05) is 18.2 Å². The van der Waals surface area contributed by atoms with E-state index in [0.29, 0.717) is 50.5 Å². The number of hydrogen-bond acceptors (Lipinski definition) is 4. The van der Waals surface area contributed by atoms with Crippen LogP contribution in [0.15, 0.2) is 42.6 Å². The standard InChI is InChI=1S/C18H20FN3O2/c19-16-4-2-1-3-14(16)7-8-20-15-5-6-17(21-13-15)18(23)22-9-11-24-12-10-22/h1-6,13,20H,7-12H2. The maximum Gasteiger partial charge on any atom is 0.272 e. The maximum atomic E-state index is 13.5. The van der Waals surface area contributed by atoms with Crippen molar-refractivity contribution in [3.8, 4) is 0 Å². The lowest BCUT2D eigenvalue weighted by Gasteiger charge is -2.26. The zero-order valence-corrected chi connectivity index (χ0v) is 13.4. The molecular formula is C18H20FN3O2. The van der Waals surface area contributed by atoms with E-state index in [1.165, 1.54) is 6.07 Å². The van der Waals surface area contributed by atoms with Gasteiger partial charge >= 0.3 is 0 Å². The van der Waals surface area contributed by atoms with Crippen LogP contribution in [0.5, 0.6) is 0 Å². The molecule has 0 unspecified atom stereocenters. The van der Waals surface area contributed by atoms with E-state index in [4.69, 9.17) is 4.74 Å². The van der Waals surface area contributed by atoms with Gasteiger partial charge in [0, 0.05) is 19.6 Å². The van der Waals surface area contributed by atoms with Crippen LogP contribution in [0.3, 0.4) is 0 Å². The quantitative estimate of drug-likeness (QED) is 0.915. The van der Waals surface area contributed by atoms with Crippen LogP contribution in [0.25, 0.3) is 0 Å². The number of nitrogens with zero attached hydrogens (tertiary/aromatic N) is 2. The SMILES string of the molecule is O=C(c1ccc(NCCc2ccccc2F)cn1)N1CCOCC1. The predicted molar refractivity (Wildman–Crippen MR) is 89.6 cm³/mol. The molecule has 0 saturated carbocycles. The van der Waals surface area contributed by atoms with Crippen LogP contribution in [0.1, 0.15) is 16.1 Å². The fourth-order valence-electron chi connectivity index (χ4n) is 2.60. The number of nitrogens with one attached hydrogen (secondary N) is 1. The van der Waals surface area contributed by atoms with E-state index in [1.807, 2.05) is 12.1 Å². The second-order valence-electron chi connectivity index (χ2n) is 5.60. The molecule has 2 aromatic rings. The summed E-state index contributed by atoms with van der Waals surface area (Å²) in [7, 11) is 0. The van der Waals surface area contributed by atoms with E-state index in [1.54, 1.807) is 29.3 Å². The van der Waals surface area contributed by atoms with Gasteiger partial charge in [0.05, 0.1) is 25.1 Å². The Kier molecular flexibility index (Phi) is 5.38. The topological polar surface area (TPSA) is 54.5 Å². The van der Waals surface area contributed by atoms with Crippen molar-refractivity contribution in [3.63, 3.8) is 0 Å². The Morgan fingerprint density at radius 2 is 2.00 bits per heavy atom. The van der Waals surface area contributed by atoms with Crippen LogP contribution in [0.4, 0.5) is 10.1 Å². The van der Waals surface area contributed by atoms with Crippen LogP contribution in [-0.4, -0.2) is 48.6 Å². The predicted octanol–water partition coefficient (Wildman–Crippen LogP) is 2.35. The smallest absolute Gasteiger partial charge is 0.272 e. The third-order valence-electron chi connectivity index (χ3n) is 3.96. The van der Waals surface area contributed by atoms with E-state index < -0.39 is 0 Å². The Hall–Kier alpha value is -2.47. The number of carbonyl (C=O) groups excluding carboxylic acids is 1. The Morgan fingerprint density at radius 3 is 2.71 bits per heavy atom. The highest BCUT2D eigenvalue weighted by Crippen LogP contribution is 2.11. The molecular weight excluding hydrogens is 309 g/mol. The third-order valence-corrected chi connectivity index (χ3v) is 3.96. The minimum Gasteiger partial charge on any atom is -0.383 e. The summed E-state index contributed by atoms with van der Waals surface area (Å²) in [6.45, 7) is 2.94. The monoisotopic (exact) mass is 329 g/mol. The molecule has 0 atom stereocenters. The van der Waals surface area contributed by atoms with Crippen molar-refractivity contribution in [2.24, 2.45) is 0 Å². The number of anilines is 1. The highest BCUT2D eigenvalue weighted by Gasteiger charge is 2.19. The van der Waals surface area contributed by atoms with Crippen LogP contribution >= 0.6 is 0 Å². The Bertz CT molecular complexity index is 685. The summed E-state index contributed by atoms with van der Waals surface area (Å²) in [4.78, 5) is 18.3. The summed E-state index contributed by atoms with van der Waals surface area (Å²) in [5.41, 5.74) is 1.92. The maximum absolute atomic E-state index is 13.5. The van der Waals surface area contributed by atoms with E-state index in [0.717, 1.165) is 5.69 Å². The van der Waals surface area contributed by atoms with Gasteiger partial charge in [0.25, 0.3) is 5.91 Å². The van der Waals surface area contributed by atoms with E-state index in [2.05, 4.69) is 10.3 Å². The number of rotatable bonds is 5. The van der Waals surface area contributed by atoms with Gasteiger partial charge < -0.3 is 15.0 Å². The molecule has 0 aliphatic carbocycles. The number of carbonyl (C=O) groups is 1. The van der Waals surface area contributed by atoms with Gasteiger partial charge in [-0.05, 0) is 30.2 Å². The van der Waals surface area contributed by atoms with Crippen molar-refractivity contribution in [2.45, 2.75) is 6.42 Å². The molecule has 2 heterocycles. The zero-order valence-electron chi connectivity index (χ0n) is 13.4. The molecule has 1 aromatic carbocycles. The Morgan fingerprint density at radius 1 is 1.21 bits per heavy atom. The summed E-state index contributed by atoms with van der Waals surface area (Å²) in [6.07, 6.45) is 2.22. The molecule has 24 heavy (non-hydrogen) atoms. The lowest BCUT2D eigenvalue weighted by Crippen LogP contribution is -2.41. The number of morpholine rings is 1. The number of pyridine rings is 1. The number of aromatic nitrogens is 1. The van der Waals surface area contributed by atoms with Crippen molar-refractivity contribution in [3.05, 3.63) is 59.7 Å². The number of amides is 1. The fourth-order valence-corrected chi connectivity index (χ4v) is 2.60. The molecule has 1 aliphatic heterocycles. The van der Waals surface area contributed by atoms with Crippen molar-refractivity contribution >= 4 is 11.6 Å². The molecule has 1 fully saturated rings. The van der Waals surface area contributed by atoms with Crippen molar-refractivity contribution in [2.75, 3.05) is 38.2 Å². The fraction of sp³-hybridized carbons (Fsp3) is 0.333. The van der Waals surface area contributed by atoms with E-state index >= 15 is 0 Å². The first-order valence-corrected chi connectivity index (χ1v) is 8.04. The van der Waals surface area contributed by atoms with Crippen LogP contribution in [0.2, 0.25) is 0 Å². The normalized spacial score (nSPS) is 14.5. The largest absolute Gasteiger partial charge is 0.383 e. The Balaban J connectivity index is 1.53. The molecule has 0 spiro atoms. The van der Waals surface area contributed by atoms with E-state index in [9.17, 15) is 9.18 Å². The van der Waals surface area contributed by atoms with Crippen molar-refractivity contribution in [1.82, 2.24) is 9.88 Å². The number of benzene rings is 1. The molecule has 1 aromatic heterocycles. The summed E-state index contributed by atoms with van der Waals surface area (Å²) in [5.74, 6) is -0.264. The molecule has 1 N–H and O–H groups in total. The average Bonchev–Trinajstić information content (AvgIpc) is 2.64. The van der Waals surface area contributed by atoms with Gasteiger partial charge in [-0.3, -0.25) is 4.79 Å². The lowest BCUT2D eigenvalue weighted by molar-refractivity contribution is 0.0299. The van der Waals surface area contributed by atoms with Gasteiger partial charge in [0.15, 0.2) is 0 Å². The minimum atomic E-state index is -0.191. The molecule has 6 heteroatoms. The molecule has 5 nitrogen and oxygen atoms in total. The van der Waals surface area contributed by atoms with Crippen LogP contribution in [0, 0.1) is 5.82 Å². The molecule has 126 valence electrons. The highest BCUT2D eigenvalue weighted by atomic mass is 19.1. The van der Waals surface area contributed by atoms with E-state index in [-0.39, 0.29) is 11.7 Å². The summed E-state index contributed by atoms with van der Waals surface area (Å²) in [5, 5.41) is 3.19. The average molecular weight is 329 g/mol. The van der Waals surface area contributed by atoms with Gasteiger partial charge in [-0.2, -0.15) is 0 Å². The number of halogens is 1. The molecule has 0 radical (unpaired) electrons. The van der Waals surface area contributed by atoms with Crippen molar-refractivity contribution < 1.29 is 13.9 Å². The van der Waals surface area contributed by atoms with Gasteiger partial charge in [-0.15, -0.1) is 0 Å².